The van der Waals surface area contributed by atoms with Crippen molar-refractivity contribution in [3.05, 3.63) is 40.8 Å². The fraction of sp³-hybridized carbons (Fsp3) is 0.308. The molecule has 2 aromatic heterocycles. The summed E-state index contributed by atoms with van der Waals surface area (Å²) >= 11 is 1.64. The molecule has 2 amide bonds. The Labute approximate surface area is 120 Å². The molecule has 0 unspecified atom stereocenters. The number of thiophene rings is 1. The van der Waals surface area contributed by atoms with E-state index >= 15 is 0 Å². The number of rotatable bonds is 4. The van der Waals surface area contributed by atoms with E-state index in [4.69, 9.17) is 0 Å². The molecule has 0 saturated carbocycles. The van der Waals surface area contributed by atoms with Crippen LogP contribution in [0.15, 0.2) is 36.0 Å². The molecular formula is C13H15N5OS. The van der Waals surface area contributed by atoms with Crippen molar-refractivity contribution in [3.63, 3.8) is 0 Å². The van der Waals surface area contributed by atoms with E-state index in [1.165, 1.54) is 0 Å². The zero-order chi connectivity index (χ0) is 13.8. The molecule has 104 valence electrons. The Bertz CT molecular complexity index is 553. The number of nitrogens with zero attached hydrogens (tertiary/aromatic N) is 3. The number of hydrogen-bond acceptors (Lipinski definition) is 5. The fourth-order valence-corrected chi connectivity index (χ4v) is 2.62. The summed E-state index contributed by atoms with van der Waals surface area (Å²) in [7, 11) is 0. The number of carbonyl (C=O) groups is 1. The number of hydrogen-bond donors (Lipinski definition) is 2. The van der Waals surface area contributed by atoms with E-state index in [0.717, 1.165) is 4.88 Å². The van der Waals surface area contributed by atoms with Gasteiger partial charge in [0, 0.05) is 30.4 Å². The number of anilines is 1. The second-order valence-electron chi connectivity index (χ2n) is 4.56. The minimum Gasteiger partial charge on any atom is -0.348 e. The lowest BCUT2D eigenvalue weighted by Gasteiger charge is -2.39. The molecule has 2 aromatic rings. The van der Waals surface area contributed by atoms with E-state index in [9.17, 15) is 4.79 Å². The number of nitrogens with one attached hydrogen (secondary N) is 2. The first kappa shape index (κ1) is 12.9. The van der Waals surface area contributed by atoms with E-state index in [0.29, 0.717) is 25.6 Å². The molecule has 3 heterocycles. The zero-order valence-corrected chi connectivity index (χ0v) is 11.6. The quantitative estimate of drug-likeness (QED) is 0.896. The Morgan fingerprint density at radius 3 is 2.85 bits per heavy atom. The van der Waals surface area contributed by atoms with E-state index in [1.54, 1.807) is 34.7 Å². The molecule has 6 nitrogen and oxygen atoms in total. The number of urea groups is 1. The summed E-state index contributed by atoms with van der Waals surface area (Å²) in [4.78, 5) is 23.0. The minimum absolute atomic E-state index is 0.0227. The molecule has 1 saturated heterocycles. The first-order valence-corrected chi connectivity index (χ1v) is 7.28. The maximum absolute atomic E-state index is 11.9. The topological polar surface area (TPSA) is 70.2 Å². The summed E-state index contributed by atoms with van der Waals surface area (Å²) in [5, 5.41) is 8.11. The second-order valence-corrected chi connectivity index (χ2v) is 5.59. The fourth-order valence-electron chi connectivity index (χ4n) is 1.98. The number of amides is 2. The van der Waals surface area contributed by atoms with Crippen LogP contribution in [-0.2, 0) is 6.54 Å². The normalized spacial score (nSPS) is 14.7. The van der Waals surface area contributed by atoms with Gasteiger partial charge in [-0.1, -0.05) is 6.07 Å². The van der Waals surface area contributed by atoms with Gasteiger partial charge in [-0.3, -0.25) is 0 Å². The van der Waals surface area contributed by atoms with Crippen LogP contribution in [0.5, 0.6) is 0 Å². The lowest BCUT2D eigenvalue weighted by Crippen LogP contribution is -2.59. The summed E-state index contributed by atoms with van der Waals surface area (Å²) in [5.41, 5.74) is 0. The molecule has 0 aliphatic carbocycles. The summed E-state index contributed by atoms with van der Waals surface area (Å²) in [5.74, 6) is 0.608. The van der Waals surface area contributed by atoms with Gasteiger partial charge >= 0.3 is 6.03 Å². The smallest absolute Gasteiger partial charge is 0.317 e. The molecule has 1 aliphatic heterocycles. The van der Waals surface area contributed by atoms with Gasteiger partial charge in [0.15, 0.2) is 0 Å². The molecule has 7 heteroatoms. The molecule has 0 atom stereocenters. The van der Waals surface area contributed by atoms with Gasteiger partial charge in [-0.25, -0.2) is 14.8 Å². The van der Waals surface area contributed by atoms with Crippen LogP contribution in [0.1, 0.15) is 4.88 Å². The number of carbonyl (C=O) groups excluding carboxylic acids is 1. The van der Waals surface area contributed by atoms with Crippen molar-refractivity contribution in [2.45, 2.75) is 12.6 Å². The van der Waals surface area contributed by atoms with Crippen molar-refractivity contribution in [3.8, 4) is 0 Å². The van der Waals surface area contributed by atoms with Gasteiger partial charge in [0.05, 0.1) is 12.6 Å². The first-order chi connectivity index (χ1) is 9.81. The molecule has 0 radical (unpaired) electrons. The molecule has 3 rings (SSSR count). The predicted molar refractivity (Wildman–Crippen MR) is 77.6 cm³/mol. The minimum atomic E-state index is -0.0227. The van der Waals surface area contributed by atoms with Crippen molar-refractivity contribution in [1.82, 2.24) is 20.2 Å². The third kappa shape index (κ3) is 3.05. The number of aromatic nitrogens is 2. The Balaban J connectivity index is 1.40. The largest absolute Gasteiger partial charge is 0.348 e. The first-order valence-electron chi connectivity index (χ1n) is 6.40. The third-order valence-electron chi connectivity index (χ3n) is 3.06. The molecule has 1 aliphatic rings. The maximum atomic E-state index is 11.9. The Morgan fingerprint density at radius 2 is 2.15 bits per heavy atom. The molecule has 20 heavy (non-hydrogen) atoms. The summed E-state index contributed by atoms with van der Waals surface area (Å²) in [6.45, 7) is 1.94. The lowest BCUT2D eigenvalue weighted by molar-refractivity contribution is 0.158. The Morgan fingerprint density at radius 1 is 1.35 bits per heavy atom. The highest BCUT2D eigenvalue weighted by Gasteiger charge is 2.30. The van der Waals surface area contributed by atoms with Crippen LogP contribution in [0.2, 0.25) is 0 Å². The maximum Gasteiger partial charge on any atom is 0.317 e. The standard InChI is InChI=1S/C13H15N5OS/c19-13(16-7-11-3-1-6-20-11)18-8-10(9-18)17-12-14-4-2-5-15-12/h1-6,10H,7-9H2,(H,16,19)(H,14,15,17). The zero-order valence-electron chi connectivity index (χ0n) is 10.8. The van der Waals surface area contributed by atoms with Crippen LogP contribution in [-0.4, -0.2) is 40.0 Å². The van der Waals surface area contributed by atoms with Crippen molar-refractivity contribution in [1.29, 1.82) is 0 Å². The summed E-state index contributed by atoms with van der Waals surface area (Å²) < 4.78 is 0. The highest BCUT2D eigenvalue weighted by atomic mass is 32.1. The Hall–Kier alpha value is -2.15. The summed E-state index contributed by atoms with van der Waals surface area (Å²) in [6, 6.07) is 5.97. The van der Waals surface area contributed by atoms with Crippen molar-refractivity contribution >= 4 is 23.3 Å². The molecular weight excluding hydrogens is 274 g/mol. The SMILES string of the molecule is O=C(NCc1cccs1)N1CC(Nc2ncccn2)C1. The van der Waals surface area contributed by atoms with Gasteiger partial charge in [0.25, 0.3) is 0 Å². The van der Waals surface area contributed by atoms with E-state index in [2.05, 4.69) is 20.6 Å². The Kier molecular flexibility index (Phi) is 3.78. The van der Waals surface area contributed by atoms with Crippen LogP contribution >= 0.6 is 11.3 Å². The van der Waals surface area contributed by atoms with Gasteiger partial charge in [-0.05, 0) is 17.5 Å². The van der Waals surface area contributed by atoms with Gasteiger partial charge in [0.1, 0.15) is 0 Å². The molecule has 2 N–H and O–H groups in total. The van der Waals surface area contributed by atoms with Crippen molar-refractivity contribution < 1.29 is 4.79 Å². The van der Waals surface area contributed by atoms with Gasteiger partial charge < -0.3 is 15.5 Å². The van der Waals surface area contributed by atoms with E-state index in [-0.39, 0.29) is 12.1 Å². The average molecular weight is 289 g/mol. The van der Waals surface area contributed by atoms with E-state index < -0.39 is 0 Å². The van der Waals surface area contributed by atoms with Gasteiger partial charge in [-0.2, -0.15) is 0 Å². The summed E-state index contributed by atoms with van der Waals surface area (Å²) in [6.07, 6.45) is 3.39. The number of likely N-dealkylation sites (tertiary alicyclic amines) is 1. The average Bonchev–Trinajstić information content (AvgIpc) is 2.94. The van der Waals surface area contributed by atoms with Gasteiger partial charge in [-0.15, -0.1) is 11.3 Å². The second kappa shape index (κ2) is 5.87. The molecule has 1 fully saturated rings. The lowest BCUT2D eigenvalue weighted by atomic mass is 10.1. The van der Waals surface area contributed by atoms with Crippen LogP contribution in [0, 0.1) is 0 Å². The molecule has 0 bridgehead atoms. The van der Waals surface area contributed by atoms with Crippen molar-refractivity contribution in [2.24, 2.45) is 0 Å². The highest BCUT2D eigenvalue weighted by molar-refractivity contribution is 7.09. The van der Waals surface area contributed by atoms with Crippen LogP contribution in [0.4, 0.5) is 10.7 Å². The predicted octanol–water partition coefficient (Wildman–Crippen LogP) is 1.54. The van der Waals surface area contributed by atoms with Crippen LogP contribution in [0.25, 0.3) is 0 Å². The highest BCUT2D eigenvalue weighted by Crippen LogP contribution is 2.13. The van der Waals surface area contributed by atoms with Crippen LogP contribution in [0.3, 0.4) is 0 Å². The van der Waals surface area contributed by atoms with E-state index in [1.807, 2.05) is 17.5 Å². The molecule has 0 spiro atoms. The van der Waals surface area contributed by atoms with Gasteiger partial charge in [0.2, 0.25) is 5.95 Å². The third-order valence-corrected chi connectivity index (χ3v) is 3.94. The molecule has 0 aromatic carbocycles. The van der Waals surface area contributed by atoms with Crippen LogP contribution < -0.4 is 10.6 Å². The van der Waals surface area contributed by atoms with Crippen molar-refractivity contribution in [2.75, 3.05) is 18.4 Å². The monoisotopic (exact) mass is 289 g/mol.